The summed E-state index contributed by atoms with van der Waals surface area (Å²) in [6, 6.07) is 0. The van der Waals surface area contributed by atoms with Gasteiger partial charge in [0.25, 0.3) is 0 Å². The number of carbonyl (C=O) groups is 3. The van der Waals surface area contributed by atoms with Gasteiger partial charge in [-0.1, -0.05) is 0 Å². The first-order valence-corrected chi connectivity index (χ1v) is 2.10. The van der Waals surface area contributed by atoms with Crippen LogP contribution in [0.25, 0.3) is 0 Å². The number of esters is 2. The van der Waals surface area contributed by atoms with E-state index in [1.807, 2.05) is 0 Å². The van der Waals surface area contributed by atoms with Crippen molar-refractivity contribution in [1.29, 1.82) is 0 Å². The molecule has 0 atom stereocenters. The van der Waals surface area contributed by atoms with Gasteiger partial charge in [0.15, 0.2) is 0 Å². The topological polar surface area (TPSA) is 86.5 Å². The van der Waals surface area contributed by atoms with Gasteiger partial charge in [-0.25, -0.2) is 4.79 Å². The Balaban J connectivity index is 3.59. The summed E-state index contributed by atoms with van der Waals surface area (Å²) in [5, 5.41) is 0. The lowest BCUT2D eigenvalue weighted by Gasteiger charge is -1.91. The zero-order chi connectivity index (χ0) is 7.28. The van der Waals surface area contributed by atoms with Crippen LogP contribution in [0, 0.1) is 0 Å². The summed E-state index contributed by atoms with van der Waals surface area (Å²) in [5.74, 6) is -2.13. The van der Waals surface area contributed by atoms with Crippen molar-refractivity contribution in [3.8, 4) is 0 Å². The zero-order valence-electron chi connectivity index (χ0n) is 4.49. The fourth-order valence-corrected chi connectivity index (χ4v) is 0.178. The largest absolute Gasteiger partial charge is 0.387 e. The zero-order valence-corrected chi connectivity index (χ0v) is 4.49. The Morgan fingerprint density at radius 2 is 2.11 bits per heavy atom. The summed E-state index contributed by atoms with van der Waals surface area (Å²) in [5.41, 5.74) is 4.73. The molecule has 5 nitrogen and oxygen atoms in total. The summed E-state index contributed by atoms with van der Waals surface area (Å²) >= 11 is 0. The highest BCUT2D eigenvalue weighted by atomic mass is 16.6. The number of hydrogen-bond donors (Lipinski definition) is 1. The molecule has 0 radical (unpaired) electrons. The van der Waals surface area contributed by atoms with E-state index in [0.29, 0.717) is 0 Å². The van der Waals surface area contributed by atoms with Gasteiger partial charge in [0.1, 0.15) is 0 Å². The van der Waals surface area contributed by atoms with Crippen molar-refractivity contribution in [2.24, 2.45) is 5.73 Å². The van der Waals surface area contributed by atoms with Crippen LogP contribution < -0.4 is 5.73 Å². The van der Waals surface area contributed by atoms with E-state index in [4.69, 9.17) is 5.73 Å². The smallest absolute Gasteiger partial charge is 0.378 e. The molecule has 9 heavy (non-hydrogen) atoms. The lowest BCUT2D eigenvalue weighted by Crippen LogP contribution is -2.20. The molecule has 0 fully saturated rings. The van der Waals surface area contributed by atoms with E-state index in [9.17, 15) is 14.4 Å². The minimum absolute atomic E-state index is 0.104. The third-order valence-corrected chi connectivity index (χ3v) is 0.477. The van der Waals surface area contributed by atoms with E-state index < -0.39 is 18.5 Å². The van der Waals surface area contributed by atoms with E-state index in [1.165, 1.54) is 0 Å². The van der Waals surface area contributed by atoms with Crippen LogP contribution in [0.4, 0.5) is 0 Å². The van der Waals surface area contributed by atoms with Gasteiger partial charge in [-0.15, -0.1) is 0 Å². The van der Waals surface area contributed by atoms with Gasteiger partial charge < -0.3 is 10.5 Å². The Bertz CT molecular complexity index is 142. The molecule has 0 spiro atoms. The van der Waals surface area contributed by atoms with Gasteiger partial charge in [0.2, 0.25) is 6.29 Å². The molecule has 0 amide bonds. The lowest BCUT2D eigenvalue weighted by molar-refractivity contribution is -0.160. The molecule has 0 rings (SSSR count). The molecule has 0 unspecified atom stereocenters. The van der Waals surface area contributed by atoms with Crippen LogP contribution in [0.2, 0.25) is 0 Å². The predicted molar refractivity (Wildman–Crippen MR) is 26.2 cm³/mol. The highest BCUT2D eigenvalue weighted by Crippen LogP contribution is 1.72. The van der Waals surface area contributed by atoms with Crippen LogP contribution >= 0.6 is 0 Å². The minimum Gasteiger partial charge on any atom is -0.387 e. The Morgan fingerprint density at radius 3 is 2.44 bits per heavy atom. The molecule has 0 aromatic rings. The molecule has 0 aromatic heterocycles. The average Bonchev–Trinajstić information content (AvgIpc) is 1.87. The van der Waals surface area contributed by atoms with Crippen LogP contribution in [0.15, 0.2) is 0 Å². The molecule has 0 aliphatic rings. The Kier molecular flexibility index (Phi) is 3.22. The summed E-state index contributed by atoms with van der Waals surface area (Å²) in [6.45, 7) is -0.403. The van der Waals surface area contributed by atoms with Gasteiger partial charge in [-0.2, -0.15) is 0 Å². The highest BCUT2D eigenvalue weighted by molar-refractivity contribution is 6.22. The van der Waals surface area contributed by atoms with Crippen molar-refractivity contribution in [1.82, 2.24) is 0 Å². The fourth-order valence-electron chi connectivity index (χ4n) is 0.178. The molecule has 2 N–H and O–H groups in total. The van der Waals surface area contributed by atoms with E-state index in [2.05, 4.69) is 4.74 Å². The van der Waals surface area contributed by atoms with E-state index in [0.717, 1.165) is 0 Å². The quantitative estimate of drug-likeness (QED) is 0.207. The Morgan fingerprint density at radius 1 is 1.56 bits per heavy atom. The van der Waals surface area contributed by atoms with Gasteiger partial charge in [0.05, 0.1) is 6.54 Å². The number of nitrogens with two attached hydrogens (primary N) is 1. The van der Waals surface area contributed by atoms with E-state index >= 15 is 0 Å². The van der Waals surface area contributed by atoms with E-state index in [1.54, 1.807) is 0 Å². The first-order valence-electron chi connectivity index (χ1n) is 2.10. The first kappa shape index (κ1) is 7.77. The monoisotopic (exact) mass is 131 g/mol. The van der Waals surface area contributed by atoms with Crippen LogP contribution in [0.5, 0.6) is 0 Å². The maximum Gasteiger partial charge on any atom is 0.378 e. The van der Waals surface area contributed by atoms with Gasteiger partial charge in [-0.05, 0) is 0 Å². The normalized spacial score (nSPS) is 8.11. The number of aldehydes is 1. The van der Waals surface area contributed by atoms with E-state index in [-0.39, 0.29) is 6.29 Å². The molecular weight excluding hydrogens is 126 g/mol. The summed E-state index contributed by atoms with van der Waals surface area (Å²) in [7, 11) is 0. The summed E-state index contributed by atoms with van der Waals surface area (Å²) < 4.78 is 3.78. The SMILES string of the molecule is NCC(=O)OC(=O)C=O. The van der Waals surface area contributed by atoms with Crippen LogP contribution in [0.1, 0.15) is 0 Å². The second-order valence-corrected chi connectivity index (χ2v) is 1.12. The molecule has 0 aliphatic carbocycles. The van der Waals surface area contributed by atoms with Gasteiger partial charge in [0, 0.05) is 0 Å². The van der Waals surface area contributed by atoms with Crippen molar-refractivity contribution >= 4 is 18.2 Å². The maximum absolute atomic E-state index is 10.1. The molecule has 0 saturated heterocycles. The van der Waals surface area contributed by atoms with Crippen molar-refractivity contribution < 1.29 is 19.1 Å². The standard InChI is InChI=1S/C4H5NO4/c5-1-3(7)9-4(8)2-6/h2H,1,5H2. The molecule has 0 aromatic carbocycles. The molecule has 0 heterocycles. The Hall–Kier alpha value is -1.23. The number of ether oxygens (including phenoxy) is 1. The average molecular weight is 131 g/mol. The van der Waals surface area contributed by atoms with Crippen molar-refractivity contribution in [3.63, 3.8) is 0 Å². The van der Waals surface area contributed by atoms with Crippen LogP contribution in [-0.2, 0) is 19.1 Å². The number of hydrogen-bond acceptors (Lipinski definition) is 5. The second-order valence-electron chi connectivity index (χ2n) is 1.12. The highest BCUT2D eigenvalue weighted by Gasteiger charge is 2.04. The Labute approximate surface area is 50.8 Å². The predicted octanol–water partition coefficient (Wildman–Crippen LogP) is -1.79. The first-order chi connectivity index (χ1) is 4.20. The van der Waals surface area contributed by atoms with Gasteiger partial charge in [-0.3, -0.25) is 9.59 Å². The van der Waals surface area contributed by atoms with Crippen molar-refractivity contribution in [2.75, 3.05) is 6.54 Å². The second kappa shape index (κ2) is 3.73. The molecule has 5 heteroatoms. The molecule has 0 saturated carbocycles. The van der Waals surface area contributed by atoms with Crippen molar-refractivity contribution in [3.05, 3.63) is 0 Å². The number of carbonyl (C=O) groups excluding carboxylic acids is 3. The third kappa shape index (κ3) is 3.36. The maximum atomic E-state index is 10.1. The summed E-state index contributed by atoms with van der Waals surface area (Å²) in [6.07, 6.45) is -0.104. The molecular formula is C4H5NO4. The van der Waals surface area contributed by atoms with Crippen LogP contribution in [-0.4, -0.2) is 24.8 Å². The number of rotatable bonds is 2. The van der Waals surface area contributed by atoms with Crippen molar-refractivity contribution in [2.45, 2.75) is 0 Å². The van der Waals surface area contributed by atoms with Crippen LogP contribution in [0.3, 0.4) is 0 Å². The minimum atomic E-state index is -1.22. The molecule has 50 valence electrons. The lowest BCUT2D eigenvalue weighted by atomic mass is 10.7. The fraction of sp³-hybridized carbons (Fsp3) is 0.250. The third-order valence-electron chi connectivity index (χ3n) is 0.477. The molecule has 0 bridgehead atoms. The van der Waals surface area contributed by atoms with Gasteiger partial charge >= 0.3 is 11.9 Å². The summed E-state index contributed by atoms with van der Waals surface area (Å²) in [4.78, 5) is 29.5. The molecule has 0 aliphatic heterocycles.